The minimum Gasteiger partial charge on any atom is -0.208 e. The van der Waals surface area contributed by atoms with Gasteiger partial charge < -0.3 is 0 Å². The van der Waals surface area contributed by atoms with Crippen molar-refractivity contribution in [2.45, 2.75) is 19.3 Å². The van der Waals surface area contributed by atoms with Crippen LogP contribution in [-0.2, 0) is 5.41 Å². The molecule has 0 spiro atoms. The highest BCUT2D eigenvalue weighted by atomic mass is 15.0. The normalized spacial score (nSPS) is 12.7. The Bertz CT molecular complexity index is 3220. The third-order valence-corrected chi connectivity index (χ3v) is 12.2. The Morgan fingerprint density at radius 2 is 0.695 bits per heavy atom. The second-order valence-corrected chi connectivity index (χ2v) is 15.9. The third-order valence-electron chi connectivity index (χ3n) is 12.2. The molecule has 3 nitrogen and oxygen atoms in total. The van der Waals surface area contributed by atoms with Gasteiger partial charge in [-0.25, -0.2) is 15.0 Å². The molecule has 0 saturated carbocycles. The van der Waals surface area contributed by atoms with Crippen LogP contribution in [0, 0.1) is 0 Å². The zero-order chi connectivity index (χ0) is 39.5. The monoisotopic (exact) mass is 753 g/mol. The Kier molecular flexibility index (Phi) is 8.16. The average Bonchev–Trinajstić information content (AvgIpc) is 3.54. The lowest BCUT2D eigenvalue weighted by atomic mass is 9.81. The van der Waals surface area contributed by atoms with E-state index in [9.17, 15) is 0 Å². The fraction of sp³-hybridized carbons (Fsp3) is 0.0536. The summed E-state index contributed by atoms with van der Waals surface area (Å²) >= 11 is 0. The number of hydrogen-bond donors (Lipinski definition) is 0. The van der Waals surface area contributed by atoms with Gasteiger partial charge in [-0.2, -0.15) is 0 Å². The van der Waals surface area contributed by atoms with E-state index in [4.69, 9.17) is 15.0 Å². The fourth-order valence-corrected chi connectivity index (χ4v) is 9.26. The highest BCUT2D eigenvalue weighted by Gasteiger charge is 2.36. The number of aromatic nitrogens is 3. The molecule has 0 unspecified atom stereocenters. The highest BCUT2D eigenvalue weighted by Crippen LogP contribution is 2.53. The first-order valence-corrected chi connectivity index (χ1v) is 20.3. The number of hydrogen-bond acceptors (Lipinski definition) is 3. The van der Waals surface area contributed by atoms with Crippen molar-refractivity contribution in [3.63, 3.8) is 0 Å². The van der Waals surface area contributed by atoms with Crippen molar-refractivity contribution in [1.82, 2.24) is 15.0 Å². The molecule has 0 bridgehead atoms. The van der Waals surface area contributed by atoms with Crippen molar-refractivity contribution < 1.29 is 0 Å². The number of fused-ring (bicyclic) bond motifs is 5. The van der Waals surface area contributed by atoms with Crippen molar-refractivity contribution >= 4 is 21.5 Å². The van der Waals surface area contributed by atoms with Gasteiger partial charge in [0.2, 0.25) is 0 Å². The Morgan fingerprint density at radius 1 is 0.271 bits per heavy atom. The van der Waals surface area contributed by atoms with Crippen LogP contribution in [0.3, 0.4) is 0 Å². The average molecular weight is 754 g/mol. The van der Waals surface area contributed by atoms with Gasteiger partial charge in [0, 0.05) is 22.1 Å². The summed E-state index contributed by atoms with van der Waals surface area (Å²) in [5.74, 6) is 1.91. The van der Waals surface area contributed by atoms with Gasteiger partial charge in [0.1, 0.15) is 0 Å². The minimum absolute atomic E-state index is 0.0852. The standard InChI is InChI=1S/C56H39N3/c1-56(2)50-26-14-13-24-49(50)52-46(25-15-27-51(52)56)45-33-35-48(44-23-12-10-21-42(44)45)55-58-53(39-30-28-37(29-31-39)36-16-5-3-6-17-36)57-54(59-55)47-34-32-40(38-18-7-4-8-19-38)41-20-9-11-22-43(41)47/h3-35H,1-2H3. The summed E-state index contributed by atoms with van der Waals surface area (Å²) in [6.45, 7) is 4.68. The molecule has 0 fully saturated rings. The molecule has 0 N–H and O–H groups in total. The molecular weight excluding hydrogens is 715 g/mol. The summed E-state index contributed by atoms with van der Waals surface area (Å²) in [6.07, 6.45) is 0. The van der Waals surface area contributed by atoms with E-state index in [1.807, 2.05) is 6.07 Å². The van der Waals surface area contributed by atoms with Crippen LogP contribution in [0.1, 0.15) is 25.0 Å². The van der Waals surface area contributed by atoms with Gasteiger partial charge in [-0.05, 0) is 89.3 Å². The van der Waals surface area contributed by atoms with Gasteiger partial charge in [0.25, 0.3) is 0 Å². The second kappa shape index (κ2) is 13.9. The molecule has 0 radical (unpaired) electrons. The molecular formula is C56H39N3. The van der Waals surface area contributed by atoms with Crippen molar-refractivity contribution in [3.8, 4) is 78.7 Å². The van der Waals surface area contributed by atoms with Gasteiger partial charge in [-0.1, -0.05) is 202 Å². The zero-order valence-electron chi connectivity index (χ0n) is 32.9. The number of nitrogens with zero attached hydrogens (tertiary/aromatic N) is 3. The van der Waals surface area contributed by atoms with Gasteiger partial charge in [-0.3, -0.25) is 0 Å². The lowest BCUT2D eigenvalue weighted by Gasteiger charge is -2.21. The van der Waals surface area contributed by atoms with Crippen LogP contribution in [-0.4, -0.2) is 15.0 Å². The van der Waals surface area contributed by atoms with E-state index < -0.39 is 0 Å². The third kappa shape index (κ3) is 5.77. The van der Waals surface area contributed by atoms with Crippen LogP contribution in [0.25, 0.3) is 100 Å². The Balaban J connectivity index is 1.12. The van der Waals surface area contributed by atoms with Gasteiger partial charge in [-0.15, -0.1) is 0 Å². The molecule has 59 heavy (non-hydrogen) atoms. The molecule has 278 valence electrons. The maximum Gasteiger partial charge on any atom is 0.164 e. The predicted octanol–water partition coefficient (Wildman–Crippen LogP) is 14.5. The molecule has 0 atom stereocenters. The van der Waals surface area contributed by atoms with Crippen LogP contribution in [0.15, 0.2) is 200 Å². The maximum absolute atomic E-state index is 5.35. The Labute approximate surface area is 344 Å². The fourth-order valence-electron chi connectivity index (χ4n) is 9.26. The molecule has 1 heterocycles. The summed E-state index contributed by atoms with van der Waals surface area (Å²) in [7, 11) is 0. The van der Waals surface area contributed by atoms with Crippen molar-refractivity contribution in [2.24, 2.45) is 0 Å². The molecule has 1 aliphatic carbocycles. The van der Waals surface area contributed by atoms with E-state index in [2.05, 4.69) is 208 Å². The van der Waals surface area contributed by atoms with Crippen molar-refractivity contribution in [1.29, 1.82) is 0 Å². The minimum atomic E-state index is -0.0852. The highest BCUT2D eigenvalue weighted by molar-refractivity contribution is 6.08. The van der Waals surface area contributed by atoms with Gasteiger partial charge in [0.05, 0.1) is 0 Å². The van der Waals surface area contributed by atoms with E-state index >= 15 is 0 Å². The van der Waals surface area contributed by atoms with E-state index in [1.165, 1.54) is 50.1 Å². The Morgan fingerprint density at radius 3 is 1.34 bits per heavy atom. The van der Waals surface area contributed by atoms with Crippen molar-refractivity contribution in [3.05, 3.63) is 211 Å². The lowest BCUT2D eigenvalue weighted by molar-refractivity contribution is 0.660. The van der Waals surface area contributed by atoms with E-state index in [0.29, 0.717) is 17.5 Å². The summed E-state index contributed by atoms with van der Waals surface area (Å²) in [5.41, 5.74) is 15.2. The summed E-state index contributed by atoms with van der Waals surface area (Å²) in [5, 5.41) is 4.51. The predicted molar refractivity (Wildman–Crippen MR) is 245 cm³/mol. The van der Waals surface area contributed by atoms with Crippen LogP contribution < -0.4 is 0 Å². The SMILES string of the molecule is CC1(C)c2ccccc2-c2c(-c3ccc(-c4nc(-c5ccc(-c6ccccc6)cc5)nc(-c5ccc(-c6ccccc6)c6ccccc56)n4)c4ccccc34)cccc21. The first-order valence-electron chi connectivity index (χ1n) is 20.3. The smallest absolute Gasteiger partial charge is 0.164 e. The summed E-state index contributed by atoms with van der Waals surface area (Å²) in [4.78, 5) is 15.9. The molecule has 11 rings (SSSR count). The quantitative estimate of drug-likeness (QED) is 0.170. The van der Waals surface area contributed by atoms with Gasteiger partial charge >= 0.3 is 0 Å². The van der Waals surface area contributed by atoms with Crippen LogP contribution in [0.5, 0.6) is 0 Å². The van der Waals surface area contributed by atoms with E-state index in [0.717, 1.165) is 43.8 Å². The van der Waals surface area contributed by atoms with Crippen LogP contribution in [0.4, 0.5) is 0 Å². The topological polar surface area (TPSA) is 38.7 Å². The van der Waals surface area contributed by atoms with Crippen LogP contribution in [0.2, 0.25) is 0 Å². The van der Waals surface area contributed by atoms with Crippen LogP contribution >= 0.6 is 0 Å². The summed E-state index contributed by atoms with van der Waals surface area (Å²) < 4.78 is 0. The lowest BCUT2D eigenvalue weighted by Crippen LogP contribution is -2.14. The molecule has 0 amide bonds. The van der Waals surface area contributed by atoms with E-state index in [-0.39, 0.29) is 5.41 Å². The first kappa shape index (κ1) is 34.7. The zero-order valence-corrected chi connectivity index (χ0v) is 32.9. The summed E-state index contributed by atoms with van der Waals surface area (Å²) in [6, 6.07) is 71.3. The second-order valence-electron chi connectivity index (χ2n) is 15.9. The molecule has 0 saturated heterocycles. The molecule has 1 aromatic heterocycles. The van der Waals surface area contributed by atoms with Crippen molar-refractivity contribution in [2.75, 3.05) is 0 Å². The molecule has 9 aromatic carbocycles. The maximum atomic E-state index is 5.35. The molecule has 3 heteroatoms. The first-order chi connectivity index (χ1) is 29.0. The van der Waals surface area contributed by atoms with Gasteiger partial charge in [0.15, 0.2) is 17.5 Å². The number of rotatable bonds is 6. The number of benzene rings is 9. The molecule has 1 aliphatic rings. The molecule has 0 aliphatic heterocycles. The van der Waals surface area contributed by atoms with E-state index in [1.54, 1.807) is 0 Å². The largest absolute Gasteiger partial charge is 0.208 e. The molecule has 10 aromatic rings. The Hall–Kier alpha value is -7.49.